The maximum atomic E-state index is 6.13. The first kappa shape index (κ1) is 13.3. The highest BCUT2D eigenvalue weighted by atomic mass is 32.2. The van der Waals surface area contributed by atoms with Gasteiger partial charge < -0.3 is 10.1 Å². The Hall–Kier alpha value is 0.270. The van der Waals surface area contributed by atoms with Crippen molar-refractivity contribution in [2.24, 2.45) is 5.92 Å². The summed E-state index contributed by atoms with van der Waals surface area (Å²) in [7, 11) is 2.06. The maximum absolute atomic E-state index is 6.13. The fourth-order valence-electron chi connectivity index (χ4n) is 2.81. The van der Waals surface area contributed by atoms with E-state index < -0.39 is 0 Å². The number of ether oxygens (including phenoxy) is 1. The summed E-state index contributed by atoms with van der Waals surface area (Å²) in [4.78, 5) is 0. The van der Waals surface area contributed by atoms with Crippen molar-refractivity contribution < 1.29 is 4.74 Å². The summed E-state index contributed by atoms with van der Waals surface area (Å²) in [6.07, 6.45) is 3.31. The molecule has 1 aliphatic rings. The zero-order valence-corrected chi connectivity index (χ0v) is 11.7. The van der Waals surface area contributed by atoms with Gasteiger partial charge in [-0.25, -0.2) is 0 Å². The highest BCUT2D eigenvalue weighted by Crippen LogP contribution is 2.43. The Balaban J connectivity index is 2.75. The van der Waals surface area contributed by atoms with Crippen LogP contribution in [0.25, 0.3) is 0 Å². The molecular formula is C12H25NOS. The lowest BCUT2D eigenvalue weighted by Crippen LogP contribution is -2.44. The van der Waals surface area contributed by atoms with Crippen molar-refractivity contribution in [1.29, 1.82) is 0 Å². The van der Waals surface area contributed by atoms with E-state index >= 15 is 0 Å². The molecule has 0 amide bonds. The van der Waals surface area contributed by atoms with E-state index in [1.165, 1.54) is 0 Å². The summed E-state index contributed by atoms with van der Waals surface area (Å²) in [5, 5.41) is 3.44. The molecule has 1 heterocycles. The molecule has 1 saturated heterocycles. The van der Waals surface area contributed by atoms with E-state index in [9.17, 15) is 0 Å². The second-order valence-corrected chi connectivity index (χ2v) is 6.54. The highest BCUT2D eigenvalue weighted by Gasteiger charge is 2.48. The van der Waals surface area contributed by atoms with Gasteiger partial charge >= 0.3 is 0 Å². The predicted molar refractivity (Wildman–Crippen MR) is 68.6 cm³/mol. The molecular weight excluding hydrogens is 206 g/mol. The van der Waals surface area contributed by atoms with Gasteiger partial charge in [-0.3, -0.25) is 0 Å². The molecule has 1 N–H and O–H groups in total. The Labute approximate surface area is 98.5 Å². The topological polar surface area (TPSA) is 21.3 Å². The lowest BCUT2D eigenvalue weighted by atomic mass is 9.82. The molecule has 0 spiro atoms. The molecule has 0 aromatic rings. The maximum Gasteiger partial charge on any atom is 0.0678 e. The summed E-state index contributed by atoms with van der Waals surface area (Å²) in [5.41, 5.74) is 0.0224. The van der Waals surface area contributed by atoms with Crippen LogP contribution in [0.4, 0.5) is 0 Å². The van der Waals surface area contributed by atoms with E-state index in [1.807, 2.05) is 11.8 Å². The van der Waals surface area contributed by atoms with Gasteiger partial charge in [0.05, 0.1) is 11.2 Å². The van der Waals surface area contributed by atoms with Crippen molar-refractivity contribution in [1.82, 2.24) is 5.32 Å². The van der Waals surface area contributed by atoms with E-state index in [2.05, 4.69) is 46.3 Å². The van der Waals surface area contributed by atoms with Gasteiger partial charge in [0.15, 0.2) is 0 Å². The second kappa shape index (κ2) is 4.64. The minimum Gasteiger partial charge on any atom is -0.369 e. The minimum absolute atomic E-state index is 0.00704. The van der Waals surface area contributed by atoms with Crippen molar-refractivity contribution in [3.63, 3.8) is 0 Å². The van der Waals surface area contributed by atoms with Crippen LogP contribution in [0.2, 0.25) is 0 Å². The Bertz CT molecular complexity index is 216. The fraction of sp³-hybridized carbons (Fsp3) is 1.00. The normalized spacial score (nSPS) is 30.4. The zero-order valence-electron chi connectivity index (χ0n) is 10.9. The van der Waals surface area contributed by atoms with Crippen LogP contribution in [-0.2, 0) is 4.74 Å². The SMILES string of the molecule is CNC(CSC)C1CC(C)(C)OC1(C)C. The van der Waals surface area contributed by atoms with Crippen LogP contribution in [-0.4, -0.2) is 36.3 Å². The summed E-state index contributed by atoms with van der Waals surface area (Å²) in [6, 6.07) is 0.553. The molecule has 90 valence electrons. The van der Waals surface area contributed by atoms with E-state index in [1.54, 1.807) is 0 Å². The fourth-order valence-corrected chi connectivity index (χ4v) is 3.57. The molecule has 3 heteroatoms. The van der Waals surface area contributed by atoms with Crippen molar-refractivity contribution in [2.75, 3.05) is 19.1 Å². The second-order valence-electron chi connectivity index (χ2n) is 5.63. The van der Waals surface area contributed by atoms with Gasteiger partial charge in [0.2, 0.25) is 0 Å². The molecule has 0 bridgehead atoms. The summed E-state index contributed by atoms with van der Waals surface area (Å²) in [5.74, 6) is 1.76. The van der Waals surface area contributed by atoms with Gasteiger partial charge in [-0.15, -0.1) is 0 Å². The molecule has 2 unspecified atom stereocenters. The first-order valence-corrected chi connectivity index (χ1v) is 7.08. The molecule has 1 aliphatic heterocycles. The van der Waals surface area contributed by atoms with Crippen LogP contribution in [0.3, 0.4) is 0 Å². The zero-order chi connectivity index (χ0) is 11.7. The van der Waals surface area contributed by atoms with Gasteiger partial charge in [-0.2, -0.15) is 11.8 Å². The third kappa shape index (κ3) is 3.11. The predicted octanol–water partition coefficient (Wildman–Crippen LogP) is 2.53. The molecule has 0 aromatic carbocycles. The lowest BCUT2D eigenvalue weighted by molar-refractivity contribution is -0.0767. The Morgan fingerprint density at radius 1 is 1.40 bits per heavy atom. The number of hydrogen-bond donors (Lipinski definition) is 1. The standard InChI is InChI=1S/C12H25NOS/c1-11(2)7-9(12(3,4)14-11)10(13-5)8-15-6/h9-10,13H,7-8H2,1-6H3. The largest absolute Gasteiger partial charge is 0.369 e. The van der Waals surface area contributed by atoms with E-state index in [4.69, 9.17) is 4.74 Å². The summed E-state index contributed by atoms with van der Waals surface area (Å²) < 4.78 is 6.13. The van der Waals surface area contributed by atoms with Crippen molar-refractivity contribution in [3.8, 4) is 0 Å². The van der Waals surface area contributed by atoms with Crippen LogP contribution < -0.4 is 5.32 Å². The number of thioether (sulfide) groups is 1. The molecule has 0 radical (unpaired) electrons. The third-order valence-electron chi connectivity index (χ3n) is 3.35. The Kier molecular flexibility index (Phi) is 4.13. The van der Waals surface area contributed by atoms with E-state index in [0.717, 1.165) is 12.2 Å². The summed E-state index contributed by atoms with van der Waals surface area (Å²) >= 11 is 1.90. The average molecular weight is 231 g/mol. The van der Waals surface area contributed by atoms with Crippen molar-refractivity contribution >= 4 is 11.8 Å². The Morgan fingerprint density at radius 2 is 2.00 bits per heavy atom. The van der Waals surface area contributed by atoms with Gasteiger partial charge in [0.1, 0.15) is 0 Å². The smallest absolute Gasteiger partial charge is 0.0678 e. The molecule has 0 aliphatic carbocycles. The molecule has 0 aromatic heterocycles. The van der Waals surface area contributed by atoms with Gasteiger partial charge in [0.25, 0.3) is 0 Å². The molecule has 2 atom stereocenters. The third-order valence-corrected chi connectivity index (χ3v) is 4.04. The van der Waals surface area contributed by atoms with Crippen LogP contribution in [0.1, 0.15) is 34.1 Å². The van der Waals surface area contributed by atoms with Crippen LogP contribution in [0, 0.1) is 5.92 Å². The van der Waals surface area contributed by atoms with Crippen LogP contribution in [0.15, 0.2) is 0 Å². The molecule has 15 heavy (non-hydrogen) atoms. The molecule has 2 nitrogen and oxygen atoms in total. The number of rotatable bonds is 4. The number of nitrogens with one attached hydrogen (secondary N) is 1. The lowest BCUT2D eigenvalue weighted by Gasteiger charge is -2.32. The molecule has 1 fully saturated rings. The van der Waals surface area contributed by atoms with E-state index in [0.29, 0.717) is 12.0 Å². The monoisotopic (exact) mass is 231 g/mol. The molecule has 1 rings (SSSR count). The number of hydrogen-bond acceptors (Lipinski definition) is 3. The highest BCUT2D eigenvalue weighted by molar-refractivity contribution is 7.98. The van der Waals surface area contributed by atoms with Gasteiger partial charge in [-0.05, 0) is 47.4 Å². The first-order valence-electron chi connectivity index (χ1n) is 5.69. The van der Waals surface area contributed by atoms with Crippen molar-refractivity contribution in [3.05, 3.63) is 0 Å². The Morgan fingerprint density at radius 3 is 2.33 bits per heavy atom. The van der Waals surface area contributed by atoms with Crippen LogP contribution >= 0.6 is 11.8 Å². The minimum atomic E-state index is -0.00704. The van der Waals surface area contributed by atoms with Gasteiger partial charge in [-0.1, -0.05) is 0 Å². The van der Waals surface area contributed by atoms with Crippen LogP contribution in [0.5, 0.6) is 0 Å². The van der Waals surface area contributed by atoms with Gasteiger partial charge in [0, 0.05) is 17.7 Å². The first-order chi connectivity index (χ1) is 6.82. The summed E-state index contributed by atoms with van der Waals surface area (Å²) in [6.45, 7) is 8.83. The average Bonchev–Trinajstić information content (AvgIpc) is 2.30. The van der Waals surface area contributed by atoms with E-state index in [-0.39, 0.29) is 11.2 Å². The molecule has 0 saturated carbocycles. The van der Waals surface area contributed by atoms with Crippen molar-refractivity contribution in [2.45, 2.75) is 51.4 Å². The quantitative estimate of drug-likeness (QED) is 0.803.